The number of nitrogens with one attached hydrogen (secondary N) is 1. The van der Waals surface area contributed by atoms with Crippen molar-refractivity contribution in [3.63, 3.8) is 0 Å². The first-order valence-corrected chi connectivity index (χ1v) is 5.12. The van der Waals surface area contributed by atoms with Gasteiger partial charge < -0.3 is 14.6 Å². The van der Waals surface area contributed by atoms with E-state index in [0.29, 0.717) is 12.3 Å². The summed E-state index contributed by atoms with van der Waals surface area (Å²) in [4.78, 5) is 3.90. The lowest BCUT2D eigenvalue weighted by Crippen LogP contribution is -2.17. The van der Waals surface area contributed by atoms with Crippen LogP contribution >= 0.6 is 0 Å². The van der Waals surface area contributed by atoms with Gasteiger partial charge in [-0.1, -0.05) is 5.16 Å². The van der Waals surface area contributed by atoms with E-state index in [1.807, 2.05) is 7.05 Å². The van der Waals surface area contributed by atoms with Crippen LogP contribution < -0.4 is 5.32 Å². The molecule has 0 aliphatic heterocycles. The molecule has 8 heteroatoms. The summed E-state index contributed by atoms with van der Waals surface area (Å²) >= 11 is 0. The molecule has 0 atom stereocenters. The summed E-state index contributed by atoms with van der Waals surface area (Å²) in [6.07, 6.45) is -2.92. The maximum Gasteiger partial charge on any atom is 0.411 e. The molecule has 0 unspecified atom stereocenters. The number of alkyl halides is 3. The van der Waals surface area contributed by atoms with Gasteiger partial charge in [0.15, 0.2) is 5.82 Å². The topological polar surface area (TPSA) is 60.2 Å². The van der Waals surface area contributed by atoms with Gasteiger partial charge in [-0.2, -0.15) is 18.2 Å². The average Bonchev–Trinajstić information content (AvgIpc) is 2.64. The Labute approximate surface area is 96.3 Å². The van der Waals surface area contributed by atoms with Gasteiger partial charge in [0.05, 0.1) is 0 Å². The van der Waals surface area contributed by atoms with Crippen molar-refractivity contribution in [2.45, 2.75) is 25.6 Å². The molecule has 0 aliphatic rings. The fourth-order valence-corrected chi connectivity index (χ4v) is 1.12. The second kappa shape index (κ2) is 6.55. The molecule has 0 saturated carbocycles. The van der Waals surface area contributed by atoms with Crippen molar-refractivity contribution in [1.29, 1.82) is 0 Å². The Balaban J connectivity index is 2.26. The summed E-state index contributed by atoms with van der Waals surface area (Å²) in [5.74, 6) is 0.541. The molecule has 1 aromatic heterocycles. The van der Waals surface area contributed by atoms with E-state index in [0.717, 1.165) is 13.0 Å². The Morgan fingerprint density at radius 3 is 2.82 bits per heavy atom. The molecule has 0 spiro atoms. The van der Waals surface area contributed by atoms with Crippen molar-refractivity contribution in [3.05, 3.63) is 11.7 Å². The summed E-state index contributed by atoms with van der Waals surface area (Å²) in [5, 5.41) is 6.47. The zero-order valence-corrected chi connectivity index (χ0v) is 9.38. The molecular formula is C9H14F3N3O2. The largest absolute Gasteiger partial charge is 0.411 e. The quantitative estimate of drug-likeness (QED) is 0.742. The van der Waals surface area contributed by atoms with Crippen molar-refractivity contribution < 1.29 is 22.4 Å². The van der Waals surface area contributed by atoms with Crippen LogP contribution in [0.4, 0.5) is 13.2 Å². The maximum absolute atomic E-state index is 11.8. The van der Waals surface area contributed by atoms with Crippen LogP contribution in [-0.2, 0) is 17.8 Å². The smallest absolute Gasteiger partial charge is 0.364 e. The van der Waals surface area contributed by atoms with Gasteiger partial charge >= 0.3 is 6.18 Å². The van der Waals surface area contributed by atoms with Crippen LogP contribution in [0.3, 0.4) is 0 Å². The second-order valence-corrected chi connectivity index (χ2v) is 3.42. The van der Waals surface area contributed by atoms with Crippen molar-refractivity contribution in [3.8, 4) is 0 Å². The summed E-state index contributed by atoms with van der Waals surface area (Å²) < 4.78 is 44.6. The van der Waals surface area contributed by atoms with Crippen LogP contribution in [0.5, 0.6) is 0 Å². The van der Waals surface area contributed by atoms with Crippen LogP contribution in [0.15, 0.2) is 4.52 Å². The van der Waals surface area contributed by atoms with Gasteiger partial charge in [-0.3, -0.25) is 0 Å². The van der Waals surface area contributed by atoms with E-state index >= 15 is 0 Å². The number of ether oxygens (including phenoxy) is 1. The first kappa shape index (κ1) is 13.9. The highest BCUT2D eigenvalue weighted by atomic mass is 19.4. The first-order chi connectivity index (χ1) is 8.01. The van der Waals surface area contributed by atoms with Crippen LogP contribution in [0, 0.1) is 0 Å². The second-order valence-electron chi connectivity index (χ2n) is 3.42. The third-order valence-electron chi connectivity index (χ3n) is 1.82. The van der Waals surface area contributed by atoms with Gasteiger partial charge in [0.25, 0.3) is 0 Å². The number of aryl methyl sites for hydroxylation is 1. The van der Waals surface area contributed by atoms with Crippen molar-refractivity contribution in [2.75, 3.05) is 20.2 Å². The van der Waals surface area contributed by atoms with E-state index < -0.39 is 12.8 Å². The molecule has 0 amide bonds. The zero-order valence-electron chi connectivity index (χ0n) is 9.38. The van der Waals surface area contributed by atoms with E-state index in [1.54, 1.807) is 0 Å². The third kappa shape index (κ3) is 6.22. The summed E-state index contributed by atoms with van der Waals surface area (Å²) in [5.41, 5.74) is 0. The van der Waals surface area contributed by atoms with E-state index in [4.69, 9.17) is 4.52 Å². The van der Waals surface area contributed by atoms with Crippen molar-refractivity contribution in [1.82, 2.24) is 15.5 Å². The van der Waals surface area contributed by atoms with E-state index in [1.165, 1.54) is 0 Å². The standard InChI is InChI=1S/C9H14F3N3O2/c1-13-4-2-3-8-14-7(15-17-8)5-16-6-9(10,11)12/h13H,2-6H2,1H3. The van der Waals surface area contributed by atoms with E-state index in [2.05, 4.69) is 20.2 Å². The summed E-state index contributed by atoms with van der Waals surface area (Å²) in [7, 11) is 1.82. The van der Waals surface area contributed by atoms with Crippen molar-refractivity contribution >= 4 is 0 Å². The lowest BCUT2D eigenvalue weighted by atomic mass is 10.3. The van der Waals surface area contributed by atoms with Gasteiger partial charge in [0, 0.05) is 6.42 Å². The lowest BCUT2D eigenvalue weighted by molar-refractivity contribution is -0.177. The van der Waals surface area contributed by atoms with Gasteiger partial charge in [0.1, 0.15) is 13.2 Å². The number of hydrogen-bond acceptors (Lipinski definition) is 5. The average molecular weight is 253 g/mol. The molecule has 0 aliphatic carbocycles. The molecule has 0 fully saturated rings. The summed E-state index contributed by atoms with van der Waals surface area (Å²) in [6.45, 7) is -0.798. The number of hydrogen-bond donors (Lipinski definition) is 1. The first-order valence-electron chi connectivity index (χ1n) is 5.12. The SMILES string of the molecule is CNCCCc1nc(COCC(F)(F)F)no1. The minimum absolute atomic E-state index is 0.133. The molecule has 0 saturated heterocycles. The molecule has 1 rings (SSSR count). The van der Waals surface area contributed by atoms with Gasteiger partial charge in [-0.15, -0.1) is 0 Å². The zero-order chi connectivity index (χ0) is 12.7. The maximum atomic E-state index is 11.8. The Hall–Kier alpha value is -1.15. The molecule has 98 valence electrons. The molecule has 0 bridgehead atoms. The lowest BCUT2D eigenvalue weighted by Gasteiger charge is -2.04. The number of rotatable bonds is 7. The molecule has 0 aromatic carbocycles. The van der Waals surface area contributed by atoms with Gasteiger partial charge in [0.2, 0.25) is 5.89 Å². The fourth-order valence-electron chi connectivity index (χ4n) is 1.12. The number of nitrogens with zero attached hydrogens (tertiary/aromatic N) is 2. The Bertz CT molecular complexity index is 328. The van der Waals surface area contributed by atoms with Crippen molar-refractivity contribution in [2.24, 2.45) is 0 Å². The van der Waals surface area contributed by atoms with Crippen LogP contribution in [0.2, 0.25) is 0 Å². The number of halogens is 3. The van der Waals surface area contributed by atoms with Gasteiger partial charge in [-0.25, -0.2) is 0 Å². The predicted molar refractivity (Wildman–Crippen MR) is 52.3 cm³/mol. The molecule has 0 radical (unpaired) electrons. The van der Waals surface area contributed by atoms with Crippen LogP contribution in [0.25, 0.3) is 0 Å². The Morgan fingerprint density at radius 1 is 1.41 bits per heavy atom. The predicted octanol–water partition coefficient (Wildman–Crippen LogP) is 1.30. The van der Waals surface area contributed by atoms with Crippen LogP contribution in [-0.4, -0.2) is 36.5 Å². The highest BCUT2D eigenvalue weighted by Gasteiger charge is 2.27. The minimum Gasteiger partial charge on any atom is -0.364 e. The third-order valence-corrected chi connectivity index (χ3v) is 1.82. The number of aromatic nitrogens is 2. The molecule has 5 nitrogen and oxygen atoms in total. The van der Waals surface area contributed by atoms with E-state index in [9.17, 15) is 13.2 Å². The van der Waals surface area contributed by atoms with E-state index in [-0.39, 0.29) is 12.4 Å². The molecule has 1 aromatic rings. The van der Waals surface area contributed by atoms with Crippen LogP contribution in [0.1, 0.15) is 18.1 Å². The molecular weight excluding hydrogens is 239 g/mol. The minimum atomic E-state index is -4.33. The Kier molecular flexibility index (Phi) is 5.36. The van der Waals surface area contributed by atoms with Gasteiger partial charge in [-0.05, 0) is 20.0 Å². The highest BCUT2D eigenvalue weighted by Crippen LogP contribution is 2.15. The molecule has 1 N–H and O–H groups in total. The highest BCUT2D eigenvalue weighted by molar-refractivity contribution is 4.84. The monoisotopic (exact) mass is 253 g/mol. The molecule has 17 heavy (non-hydrogen) atoms. The fraction of sp³-hybridized carbons (Fsp3) is 0.778. The molecule has 1 heterocycles. The summed E-state index contributed by atoms with van der Waals surface area (Å²) in [6, 6.07) is 0. The normalized spacial score (nSPS) is 12.0. The Morgan fingerprint density at radius 2 is 2.18 bits per heavy atom.